The third-order valence-electron chi connectivity index (χ3n) is 4.91. The Morgan fingerprint density at radius 2 is 1.41 bits per heavy atom. The van der Waals surface area contributed by atoms with Gasteiger partial charge in [0.15, 0.2) is 6.61 Å². The van der Waals surface area contributed by atoms with Crippen molar-refractivity contribution in [3.05, 3.63) is 70.8 Å². The second kappa shape index (κ2) is 8.81. The van der Waals surface area contributed by atoms with E-state index in [2.05, 4.69) is 52.9 Å². The van der Waals surface area contributed by atoms with Crippen LogP contribution >= 0.6 is 0 Å². The molecule has 4 nitrogen and oxygen atoms in total. The predicted molar refractivity (Wildman–Crippen MR) is 117 cm³/mol. The van der Waals surface area contributed by atoms with Gasteiger partial charge in [-0.05, 0) is 46.6 Å². The number of hydrogen-bond acceptors (Lipinski definition) is 3. The van der Waals surface area contributed by atoms with Gasteiger partial charge in [0.1, 0.15) is 0 Å². The number of hydrogen-bond donors (Lipinski definition) is 1. The molecule has 1 N–H and O–H groups in total. The molecule has 0 bridgehead atoms. The Morgan fingerprint density at radius 3 is 1.90 bits per heavy atom. The van der Waals surface area contributed by atoms with E-state index in [-0.39, 0.29) is 29.4 Å². The lowest BCUT2D eigenvalue weighted by Gasteiger charge is -2.25. The number of ether oxygens (including phenoxy) is 1. The van der Waals surface area contributed by atoms with Crippen LogP contribution in [-0.2, 0) is 20.4 Å². The van der Waals surface area contributed by atoms with Gasteiger partial charge in [0.05, 0.1) is 11.6 Å². The summed E-state index contributed by atoms with van der Waals surface area (Å²) in [6, 6.07) is 15.4. The summed E-state index contributed by atoms with van der Waals surface area (Å²) < 4.78 is 5.31. The van der Waals surface area contributed by atoms with Crippen molar-refractivity contribution in [2.75, 3.05) is 6.61 Å². The molecule has 0 aliphatic carbocycles. The summed E-state index contributed by atoms with van der Waals surface area (Å²) in [6.45, 7) is 14.3. The zero-order chi connectivity index (χ0) is 21.8. The summed E-state index contributed by atoms with van der Waals surface area (Å²) in [5.74, 6) is -0.804. The van der Waals surface area contributed by atoms with Gasteiger partial charge in [-0.25, -0.2) is 4.79 Å². The van der Waals surface area contributed by atoms with Crippen molar-refractivity contribution in [3.8, 4) is 0 Å². The van der Waals surface area contributed by atoms with Crippen LogP contribution in [0.25, 0.3) is 0 Å². The topological polar surface area (TPSA) is 55.4 Å². The predicted octanol–water partition coefficient (Wildman–Crippen LogP) is 5.32. The Kier molecular flexibility index (Phi) is 6.89. The van der Waals surface area contributed by atoms with Gasteiger partial charge in [0.2, 0.25) is 0 Å². The van der Waals surface area contributed by atoms with Crippen molar-refractivity contribution < 1.29 is 14.3 Å². The number of carbonyl (C=O) groups excluding carboxylic acids is 2. The highest BCUT2D eigenvalue weighted by molar-refractivity contribution is 5.92. The molecule has 4 heteroatoms. The van der Waals surface area contributed by atoms with E-state index in [1.807, 2.05) is 49.4 Å². The lowest BCUT2D eigenvalue weighted by atomic mass is 9.79. The first-order valence-electron chi connectivity index (χ1n) is 10.1. The molecule has 1 amide bonds. The normalized spacial score (nSPS) is 12.9. The quantitative estimate of drug-likeness (QED) is 0.698. The van der Waals surface area contributed by atoms with Gasteiger partial charge in [-0.15, -0.1) is 0 Å². The molecule has 0 aromatic heterocycles. The van der Waals surface area contributed by atoms with E-state index in [9.17, 15) is 9.59 Å². The van der Waals surface area contributed by atoms with Crippen LogP contribution in [0.4, 0.5) is 0 Å². The third kappa shape index (κ3) is 6.45. The molecule has 29 heavy (non-hydrogen) atoms. The minimum absolute atomic E-state index is 0.0984. The van der Waals surface area contributed by atoms with Crippen molar-refractivity contribution in [2.24, 2.45) is 0 Å². The fourth-order valence-corrected chi connectivity index (χ4v) is 2.93. The first kappa shape index (κ1) is 22.7. The molecule has 2 aromatic rings. The number of esters is 1. The molecule has 1 atom stereocenters. The van der Waals surface area contributed by atoms with E-state index < -0.39 is 5.97 Å². The van der Waals surface area contributed by atoms with Crippen LogP contribution < -0.4 is 5.32 Å². The molecule has 0 radical (unpaired) electrons. The highest BCUT2D eigenvalue weighted by Crippen LogP contribution is 2.30. The number of rotatable bonds is 5. The average molecular weight is 396 g/mol. The summed E-state index contributed by atoms with van der Waals surface area (Å²) >= 11 is 0. The van der Waals surface area contributed by atoms with Gasteiger partial charge in [-0.3, -0.25) is 4.79 Å². The first-order chi connectivity index (χ1) is 13.4. The minimum Gasteiger partial charge on any atom is -0.452 e. The van der Waals surface area contributed by atoms with Gasteiger partial charge in [0, 0.05) is 0 Å². The molecular weight excluding hydrogens is 362 g/mol. The average Bonchev–Trinajstić information content (AvgIpc) is 2.65. The number of carbonyl (C=O) groups is 2. The fourth-order valence-electron chi connectivity index (χ4n) is 2.93. The van der Waals surface area contributed by atoms with E-state index in [0.29, 0.717) is 5.56 Å². The fraction of sp³-hybridized carbons (Fsp3) is 0.440. The largest absolute Gasteiger partial charge is 0.452 e. The molecule has 0 spiro atoms. The zero-order valence-electron chi connectivity index (χ0n) is 18.6. The number of benzene rings is 2. The van der Waals surface area contributed by atoms with Crippen LogP contribution in [0.5, 0.6) is 0 Å². The summed E-state index contributed by atoms with van der Waals surface area (Å²) in [4.78, 5) is 24.9. The molecule has 0 saturated carbocycles. The van der Waals surface area contributed by atoms with E-state index in [0.717, 1.165) is 16.7 Å². The summed E-state index contributed by atoms with van der Waals surface area (Å²) in [7, 11) is 0. The number of amides is 1. The summed E-state index contributed by atoms with van der Waals surface area (Å²) in [5.41, 5.74) is 3.42. The van der Waals surface area contributed by atoms with Crippen LogP contribution in [0.2, 0.25) is 0 Å². The lowest BCUT2D eigenvalue weighted by Crippen LogP contribution is -2.31. The summed E-state index contributed by atoms with van der Waals surface area (Å²) in [6.07, 6.45) is 0. The van der Waals surface area contributed by atoms with Crippen LogP contribution in [0.1, 0.15) is 81.6 Å². The lowest BCUT2D eigenvalue weighted by molar-refractivity contribution is -0.124. The van der Waals surface area contributed by atoms with Gasteiger partial charge < -0.3 is 10.1 Å². The Morgan fingerprint density at radius 1 is 0.897 bits per heavy atom. The third-order valence-corrected chi connectivity index (χ3v) is 4.91. The van der Waals surface area contributed by atoms with Gasteiger partial charge in [-0.1, -0.05) is 77.9 Å². The van der Waals surface area contributed by atoms with Crippen molar-refractivity contribution in [1.82, 2.24) is 5.32 Å². The monoisotopic (exact) mass is 395 g/mol. The van der Waals surface area contributed by atoms with E-state index in [1.54, 1.807) is 0 Å². The van der Waals surface area contributed by atoms with E-state index in [4.69, 9.17) is 4.74 Å². The van der Waals surface area contributed by atoms with Crippen molar-refractivity contribution in [3.63, 3.8) is 0 Å². The van der Waals surface area contributed by atoms with Gasteiger partial charge in [-0.2, -0.15) is 0 Å². The van der Waals surface area contributed by atoms with Crippen molar-refractivity contribution in [2.45, 2.75) is 65.3 Å². The maximum Gasteiger partial charge on any atom is 0.338 e. The number of nitrogens with one attached hydrogen (secondary N) is 1. The Hall–Kier alpha value is -2.62. The molecule has 0 aliphatic rings. The molecule has 0 fully saturated rings. The maximum atomic E-state index is 12.7. The van der Waals surface area contributed by atoms with Crippen molar-refractivity contribution >= 4 is 11.9 Å². The van der Waals surface area contributed by atoms with E-state index in [1.165, 1.54) is 0 Å². The molecule has 0 heterocycles. The van der Waals surface area contributed by atoms with Crippen LogP contribution in [-0.4, -0.2) is 18.5 Å². The summed E-state index contributed by atoms with van der Waals surface area (Å²) in [5, 5.41) is 2.86. The molecule has 0 unspecified atom stereocenters. The Balaban J connectivity index is 2.09. The standard InChI is InChI=1S/C25H33NO3/c1-17(18-11-9-8-10-12-18)26-22(27)16-29-23(28)19-13-20(24(2,3)4)15-21(14-19)25(5,6)7/h8-15,17H,16H2,1-7H3,(H,26,27)/t17-/m1/s1. The maximum absolute atomic E-state index is 12.7. The van der Waals surface area contributed by atoms with Crippen molar-refractivity contribution in [1.29, 1.82) is 0 Å². The highest BCUT2D eigenvalue weighted by atomic mass is 16.5. The molecule has 2 rings (SSSR count). The molecule has 156 valence electrons. The van der Waals surface area contributed by atoms with Gasteiger partial charge >= 0.3 is 5.97 Å². The Labute approximate surface area is 174 Å². The highest BCUT2D eigenvalue weighted by Gasteiger charge is 2.23. The second-order valence-electron chi connectivity index (χ2n) is 9.58. The second-order valence-corrected chi connectivity index (χ2v) is 9.58. The van der Waals surface area contributed by atoms with Gasteiger partial charge in [0.25, 0.3) is 5.91 Å². The smallest absolute Gasteiger partial charge is 0.338 e. The Bertz CT molecular complexity index is 826. The minimum atomic E-state index is -0.482. The first-order valence-corrected chi connectivity index (χ1v) is 10.1. The van der Waals surface area contributed by atoms with Crippen LogP contribution in [0.15, 0.2) is 48.5 Å². The molecule has 0 saturated heterocycles. The molecule has 2 aromatic carbocycles. The zero-order valence-corrected chi connectivity index (χ0v) is 18.6. The van der Waals surface area contributed by atoms with E-state index >= 15 is 0 Å². The molecular formula is C25H33NO3. The van der Waals surface area contributed by atoms with Crippen LogP contribution in [0, 0.1) is 0 Å². The molecule has 0 aliphatic heterocycles. The SMILES string of the molecule is C[C@@H](NC(=O)COC(=O)c1cc(C(C)(C)C)cc(C(C)(C)C)c1)c1ccccc1. The van der Waals surface area contributed by atoms with Crippen LogP contribution in [0.3, 0.4) is 0 Å².